The third-order valence-electron chi connectivity index (χ3n) is 2.22. The van der Waals surface area contributed by atoms with Gasteiger partial charge in [0.05, 0.1) is 6.04 Å². The molecule has 1 aromatic carbocycles. The molecule has 1 aromatic rings. The second-order valence-corrected chi connectivity index (χ2v) is 3.51. The number of hydrogen-bond acceptors (Lipinski definition) is 1. The van der Waals surface area contributed by atoms with Crippen molar-refractivity contribution in [1.29, 1.82) is 0 Å². The van der Waals surface area contributed by atoms with Crippen LogP contribution in [0.2, 0.25) is 0 Å². The molecule has 0 amide bonds. The van der Waals surface area contributed by atoms with E-state index in [1.165, 1.54) is 16.7 Å². The second kappa shape index (κ2) is 3.17. The van der Waals surface area contributed by atoms with Gasteiger partial charge in [-0.1, -0.05) is 35.9 Å². The normalized spacial score (nSPS) is 20.5. The summed E-state index contributed by atoms with van der Waals surface area (Å²) >= 11 is 0. The molecule has 1 nitrogen and oxygen atoms in total. The molecule has 2 rings (SSSR count). The van der Waals surface area contributed by atoms with Crippen LogP contribution in [0.25, 0.3) is 5.57 Å². The summed E-state index contributed by atoms with van der Waals surface area (Å²) in [5, 5.41) is 0. The van der Waals surface area contributed by atoms with Crippen LogP contribution in [0.5, 0.6) is 0 Å². The summed E-state index contributed by atoms with van der Waals surface area (Å²) in [7, 11) is 0. The van der Waals surface area contributed by atoms with Crippen LogP contribution in [-0.2, 0) is 0 Å². The van der Waals surface area contributed by atoms with Gasteiger partial charge in [-0.15, -0.1) is 0 Å². The Hall–Kier alpha value is -1.37. The molecule has 1 aliphatic heterocycles. The number of benzene rings is 1. The average Bonchev–Trinajstić information content (AvgIpc) is 2.52. The molecule has 1 atom stereocenters. The van der Waals surface area contributed by atoms with Crippen LogP contribution >= 0.6 is 0 Å². The standard InChI is InChI=1S/C12H13N/c1-9-4-3-5-11(6-9)12-7-10(2)13-8-12/h3-8,10H,1-2H3. The van der Waals surface area contributed by atoms with Crippen LogP contribution in [0.3, 0.4) is 0 Å². The maximum Gasteiger partial charge on any atom is 0.0661 e. The molecule has 0 fully saturated rings. The fourth-order valence-electron chi connectivity index (χ4n) is 1.54. The van der Waals surface area contributed by atoms with Gasteiger partial charge in [-0.25, -0.2) is 0 Å². The SMILES string of the molecule is Cc1cccc(C2=CC(C)N=C2)c1. The summed E-state index contributed by atoms with van der Waals surface area (Å²) in [6.45, 7) is 4.21. The molecule has 0 N–H and O–H groups in total. The molecular weight excluding hydrogens is 158 g/mol. The molecule has 0 saturated heterocycles. The number of aryl methyl sites for hydroxylation is 1. The highest BCUT2D eigenvalue weighted by atomic mass is 14.8. The lowest BCUT2D eigenvalue weighted by atomic mass is 10.0. The minimum absolute atomic E-state index is 0.343. The van der Waals surface area contributed by atoms with E-state index in [1.807, 2.05) is 6.21 Å². The maximum atomic E-state index is 4.31. The minimum Gasteiger partial charge on any atom is -0.285 e. The van der Waals surface area contributed by atoms with E-state index >= 15 is 0 Å². The fraction of sp³-hybridized carbons (Fsp3) is 0.250. The number of allylic oxidation sites excluding steroid dienone is 1. The average molecular weight is 171 g/mol. The van der Waals surface area contributed by atoms with Gasteiger partial charge in [0.25, 0.3) is 0 Å². The largest absolute Gasteiger partial charge is 0.285 e. The zero-order valence-corrected chi connectivity index (χ0v) is 7.99. The Morgan fingerprint density at radius 1 is 1.31 bits per heavy atom. The van der Waals surface area contributed by atoms with Gasteiger partial charge in [0.1, 0.15) is 0 Å². The monoisotopic (exact) mass is 171 g/mol. The highest BCUT2D eigenvalue weighted by Gasteiger charge is 2.06. The first-order valence-electron chi connectivity index (χ1n) is 4.58. The molecule has 0 spiro atoms. The van der Waals surface area contributed by atoms with Crippen LogP contribution in [0.1, 0.15) is 18.1 Å². The highest BCUT2D eigenvalue weighted by molar-refractivity contribution is 6.11. The Kier molecular flexibility index (Phi) is 2.01. The Balaban J connectivity index is 2.37. The van der Waals surface area contributed by atoms with Crippen molar-refractivity contribution in [2.45, 2.75) is 19.9 Å². The van der Waals surface area contributed by atoms with Crippen molar-refractivity contribution in [3.05, 3.63) is 41.5 Å². The second-order valence-electron chi connectivity index (χ2n) is 3.51. The van der Waals surface area contributed by atoms with Gasteiger partial charge >= 0.3 is 0 Å². The molecule has 1 heterocycles. The van der Waals surface area contributed by atoms with Crippen molar-refractivity contribution < 1.29 is 0 Å². The predicted molar refractivity (Wildman–Crippen MR) is 57.1 cm³/mol. The zero-order chi connectivity index (χ0) is 9.26. The van der Waals surface area contributed by atoms with Gasteiger partial charge in [-0.3, -0.25) is 4.99 Å². The Labute approximate surface area is 78.8 Å². The molecule has 0 aromatic heterocycles. The van der Waals surface area contributed by atoms with Gasteiger partial charge in [-0.05, 0) is 25.0 Å². The summed E-state index contributed by atoms with van der Waals surface area (Å²) < 4.78 is 0. The minimum atomic E-state index is 0.343. The molecule has 0 aliphatic carbocycles. The van der Waals surface area contributed by atoms with Crippen molar-refractivity contribution in [3.63, 3.8) is 0 Å². The van der Waals surface area contributed by atoms with E-state index in [9.17, 15) is 0 Å². The van der Waals surface area contributed by atoms with Crippen molar-refractivity contribution in [3.8, 4) is 0 Å². The van der Waals surface area contributed by atoms with E-state index < -0.39 is 0 Å². The van der Waals surface area contributed by atoms with Gasteiger partial charge in [0.2, 0.25) is 0 Å². The molecular formula is C12H13N. The topological polar surface area (TPSA) is 12.4 Å². The van der Waals surface area contributed by atoms with Crippen LogP contribution < -0.4 is 0 Å². The van der Waals surface area contributed by atoms with E-state index in [4.69, 9.17) is 0 Å². The first-order chi connectivity index (χ1) is 6.25. The van der Waals surface area contributed by atoms with Gasteiger partial charge in [0, 0.05) is 6.21 Å². The Morgan fingerprint density at radius 3 is 2.77 bits per heavy atom. The smallest absolute Gasteiger partial charge is 0.0661 e. The van der Waals surface area contributed by atoms with E-state index in [0.717, 1.165) is 0 Å². The molecule has 13 heavy (non-hydrogen) atoms. The Morgan fingerprint density at radius 2 is 2.15 bits per heavy atom. The lowest BCUT2D eigenvalue weighted by Gasteiger charge is -1.99. The van der Waals surface area contributed by atoms with Crippen LogP contribution in [0, 0.1) is 6.92 Å². The summed E-state index contributed by atoms with van der Waals surface area (Å²) in [5.41, 5.74) is 3.82. The molecule has 1 unspecified atom stereocenters. The predicted octanol–water partition coefficient (Wildman–Crippen LogP) is 2.85. The van der Waals surface area contributed by atoms with Crippen LogP contribution in [0.4, 0.5) is 0 Å². The van der Waals surface area contributed by atoms with Gasteiger partial charge in [0.15, 0.2) is 0 Å². The van der Waals surface area contributed by atoms with Crippen molar-refractivity contribution in [1.82, 2.24) is 0 Å². The van der Waals surface area contributed by atoms with Gasteiger partial charge < -0.3 is 0 Å². The first kappa shape index (κ1) is 8.24. The summed E-state index contributed by atoms with van der Waals surface area (Å²) in [6.07, 6.45) is 4.15. The highest BCUT2D eigenvalue weighted by Crippen LogP contribution is 2.19. The van der Waals surface area contributed by atoms with Crippen molar-refractivity contribution >= 4 is 11.8 Å². The fourth-order valence-corrected chi connectivity index (χ4v) is 1.54. The maximum absolute atomic E-state index is 4.31. The molecule has 0 radical (unpaired) electrons. The first-order valence-corrected chi connectivity index (χ1v) is 4.58. The number of aliphatic imine (C=N–C) groups is 1. The lowest BCUT2D eigenvalue weighted by molar-refractivity contribution is 0.951. The van der Waals surface area contributed by atoms with E-state index in [-0.39, 0.29) is 0 Å². The lowest BCUT2D eigenvalue weighted by Crippen LogP contribution is -1.85. The van der Waals surface area contributed by atoms with Crippen molar-refractivity contribution in [2.75, 3.05) is 0 Å². The number of nitrogens with zero attached hydrogens (tertiary/aromatic N) is 1. The third-order valence-corrected chi connectivity index (χ3v) is 2.22. The number of rotatable bonds is 1. The summed E-state index contributed by atoms with van der Waals surface area (Å²) in [6, 6.07) is 8.86. The Bertz CT molecular complexity index is 374. The summed E-state index contributed by atoms with van der Waals surface area (Å²) in [4.78, 5) is 4.31. The van der Waals surface area contributed by atoms with Crippen LogP contribution in [-0.4, -0.2) is 12.3 Å². The van der Waals surface area contributed by atoms with E-state index in [2.05, 4.69) is 49.2 Å². The van der Waals surface area contributed by atoms with Crippen molar-refractivity contribution in [2.24, 2.45) is 4.99 Å². The quantitative estimate of drug-likeness (QED) is 0.616. The molecule has 1 heteroatoms. The molecule has 0 saturated carbocycles. The third kappa shape index (κ3) is 1.69. The van der Waals surface area contributed by atoms with Crippen LogP contribution in [0.15, 0.2) is 35.3 Å². The molecule has 1 aliphatic rings. The molecule has 66 valence electrons. The van der Waals surface area contributed by atoms with E-state index in [0.29, 0.717) is 6.04 Å². The zero-order valence-electron chi connectivity index (χ0n) is 7.99. The van der Waals surface area contributed by atoms with Gasteiger partial charge in [-0.2, -0.15) is 0 Å². The van der Waals surface area contributed by atoms with E-state index in [1.54, 1.807) is 0 Å². The number of hydrogen-bond donors (Lipinski definition) is 0. The summed E-state index contributed by atoms with van der Waals surface area (Å²) in [5.74, 6) is 0. The molecule has 0 bridgehead atoms.